The summed E-state index contributed by atoms with van der Waals surface area (Å²) < 4.78 is 2.17. The van der Waals surface area contributed by atoms with Crippen LogP contribution in [0, 0.1) is 5.92 Å². The molecule has 0 spiro atoms. The molecule has 0 amide bonds. The summed E-state index contributed by atoms with van der Waals surface area (Å²) in [6, 6.07) is 21.0. The molecule has 0 atom stereocenters. The number of aromatic nitrogens is 1. The van der Waals surface area contributed by atoms with Crippen LogP contribution in [0.3, 0.4) is 0 Å². The van der Waals surface area contributed by atoms with E-state index in [1.807, 2.05) is 18.2 Å². The number of Topliss-reactive ketones (excluding diaryl/α,β-unsaturated/α-hetero) is 1. The van der Waals surface area contributed by atoms with Crippen molar-refractivity contribution in [1.82, 2.24) is 9.47 Å². The van der Waals surface area contributed by atoms with Crippen LogP contribution in [0.1, 0.15) is 28.9 Å². The fraction of sp³-hybridized carbons (Fsp3) is 0.292. The number of piperidine rings is 1. The van der Waals surface area contributed by atoms with Gasteiger partial charge in [0.05, 0.1) is 12.2 Å². The van der Waals surface area contributed by atoms with E-state index in [1.54, 1.807) is 0 Å². The summed E-state index contributed by atoms with van der Waals surface area (Å²) in [7, 11) is 0. The molecule has 0 radical (unpaired) electrons. The van der Waals surface area contributed by atoms with Gasteiger partial charge >= 0.3 is 0 Å². The number of benzene rings is 2. The van der Waals surface area contributed by atoms with Gasteiger partial charge in [0.15, 0.2) is 0 Å². The molecule has 0 bridgehead atoms. The standard InChI is InChI=1S/C24H24N2O/c27-24-21(17-26-22-9-5-4-8-20(22)15-23(24)26)14-18-10-12-25(13-11-18)16-19-6-2-1-3-7-19/h1-9,14-15,18H,10-13,16-17H2. The minimum absolute atomic E-state index is 0.220. The van der Waals surface area contributed by atoms with E-state index < -0.39 is 0 Å². The van der Waals surface area contributed by atoms with Gasteiger partial charge in [-0.1, -0.05) is 54.6 Å². The number of hydrogen-bond donors (Lipinski definition) is 0. The Bertz CT molecular complexity index is 1010. The Labute approximate surface area is 159 Å². The molecule has 136 valence electrons. The normalized spacial score (nSPS) is 19.9. The van der Waals surface area contributed by atoms with Gasteiger partial charge in [-0.25, -0.2) is 0 Å². The predicted molar refractivity (Wildman–Crippen MR) is 109 cm³/mol. The zero-order valence-corrected chi connectivity index (χ0v) is 15.5. The number of allylic oxidation sites excluding steroid dienone is 2. The van der Waals surface area contributed by atoms with Crippen molar-refractivity contribution < 1.29 is 4.79 Å². The van der Waals surface area contributed by atoms with Crippen LogP contribution in [-0.4, -0.2) is 28.3 Å². The molecule has 1 saturated heterocycles. The van der Waals surface area contributed by atoms with Gasteiger partial charge in [-0.3, -0.25) is 9.69 Å². The minimum atomic E-state index is 0.220. The first-order chi connectivity index (χ1) is 13.3. The summed E-state index contributed by atoms with van der Waals surface area (Å²) in [4.78, 5) is 15.4. The van der Waals surface area contributed by atoms with Gasteiger partial charge in [0.2, 0.25) is 5.78 Å². The Morgan fingerprint density at radius 2 is 1.70 bits per heavy atom. The van der Waals surface area contributed by atoms with Gasteiger partial charge in [-0.2, -0.15) is 0 Å². The molecule has 3 aromatic rings. The van der Waals surface area contributed by atoms with Gasteiger partial charge in [0.25, 0.3) is 0 Å². The monoisotopic (exact) mass is 356 g/mol. The zero-order valence-electron chi connectivity index (χ0n) is 15.5. The second kappa shape index (κ2) is 6.82. The summed E-state index contributed by atoms with van der Waals surface area (Å²) in [6.45, 7) is 3.96. The Morgan fingerprint density at radius 1 is 0.963 bits per heavy atom. The van der Waals surface area contributed by atoms with Crippen LogP contribution in [0.15, 0.2) is 72.3 Å². The number of rotatable bonds is 3. The van der Waals surface area contributed by atoms with E-state index in [0.29, 0.717) is 5.92 Å². The van der Waals surface area contributed by atoms with Crippen LogP contribution in [-0.2, 0) is 13.1 Å². The molecule has 3 heterocycles. The molecule has 3 heteroatoms. The largest absolute Gasteiger partial charge is 0.333 e. The Kier molecular flexibility index (Phi) is 4.17. The van der Waals surface area contributed by atoms with Gasteiger partial charge in [-0.15, -0.1) is 0 Å². The molecule has 2 aliphatic heterocycles. The highest BCUT2D eigenvalue weighted by molar-refractivity contribution is 6.12. The van der Waals surface area contributed by atoms with Gasteiger partial charge < -0.3 is 4.57 Å². The summed E-state index contributed by atoms with van der Waals surface area (Å²) in [5, 5.41) is 1.16. The molecule has 2 aromatic carbocycles. The summed E-state index contributed by atoms with van der Waals surface area (Å²) in [6.07, 6.45) is 4.54. The molecule has 3 nitrogen and oxygen atoms in total. The van der Waals surface area contributed by atoms with E-state index in [1.165, 1.54) is 11.1 Å². The molecule has 0 unspecified atom stereocenters. The number of fused-ring (bicyclic) bond motifs is 3. The third-order valence-corrected chi connectivity index (χ3v) is 5.98. The SMILES string of the molecule is O=C1C(=CC2CCN(Cc3ccccc3)CC2)Cn2c1cc1ccccc12. The third kappa shape index (κ3) is 3.13. The van der Waals surface area contributed by atoms with Crippen molar-refractivity contribution in [2.24, 2.45) is 5.92 Å². The number of para-hydroxylation sites is 1. The highest BCUT2D eigenvalue weighted by atomic mass is 16.1. The first-order valence-corrected chi connectivity index (χ1v) is 9.88. The van der Waals surface area contributed by atoms with Crippen molar-refractivity contribution >= 4 is 16.7 Å². The second-order valence-electron chi connectivity index (χ2n) is 7.79. The average Bonchev–Trinajstić information content (AvgIpc) is 3.21. The molecule has 27 heavy (non-hydrogen) atoms. The van der Waals surface area contributed by atoms with E-state index in [2.05, 4.69) is 58.0 Å². The quantitative estimate of drug-likeness (QED) is 0.637. The first-order valence-electron chi connectivity index (χ1n) is 9.88. The molecule has 5 rings (SSSR count). The van der Waals surface area contributed by atoms with Crippen molar-refractivity contribution in [2.45, 2.75) is 25.9 Å². The fourth-order valence-corrected chi connectivity index (χ4v) is 4.51. The number of ketones is 1. The van der Waals surface area contributed by atoms with Crippen LogP contribution in [0.4, 0.5) is 0 Å². The molecule has 1 fully saturated rings. The van der Waals surface area contributed by atoms with Gasteiger partial charge in [-0.05, 0) is 49.5 Å². The summed E-state index contributed by atoms with van der Waals surface area (Å²) >= 11 is 0. The number of hydrogen-bond acceptors (Lipinski definition) is 2. The smallest absolute Gasteiger partial charge is 0.206 e. The first kappa shape index (κ1) is 16.5. The lowest BCUT2D eigenvalue weighted by molar-refractivity contribution is 0.103. The maximum absolute atomic E-state index is 12.8. The van der Waals surface area contributed by atoms with E-state index in [-0.39, 0.29) is 5.78 Å². The Balaban J connectivity index is 1.26. The maximum Gasteiger partial charge on any atom is 0.206 e. The van der Waals surface area contributed by atoms with Crippen molar-refractivity contribution in [3.05, 3.63) is 83.6 Å². The van der Waals surface area contributed by atoms with Crippen molar-refractivity contribution in [1.29, 1.82) is 0 Å². The van der Waals surface area contributed by atoms with Crippen LogP contribution in [0.25, 0.3) is 10.9 Å². The predicted octanol–water partition coefficient (Wildman–Crippen LogP) is 4.68. The second-order valence-corrected chi connectivity index (χ2v) is 7.79. The van der Waals surface area contributed by atoms with E-state index in [4.69, 9.17) is 0 Å². The van der Waals surface area contributed by atoms with Crippen LogP contribution >= 0.6 is 0 Å². The summed E-state index contributed by atoms with van der Waals surface area (Å²) in [5.41, 5.74) is 4.38. The molecule has 1 aromatic heterocycles. The minimum Gasteiger partial charge on any atom is -0.333 e. The van der Waals surface area contributed by atoms with Crippen molar-refractivity contribution in [3.8, 4) is 0 Å². The van der Waals surface area contributed by atoms with E-state index >= 15 is 0 Å². The third-order valence-electron chi connectivity index (χ3n) is 5.98. The number of carbonyl (C=O) groups excluding carboxylic acids is 1. The lowest BCUT2D eigenvalue weighted by atomic mass is 9.93. The molecule has 0 N–H and O–H groups in total. The molecular formula is C24H24N2O. The van der Waals surface area contributed by atoms with Crippen LogP contribution < -0.4 is 0 Å². The molecule has 0 saturated carbocycles. The average molecular weight is 356 g/mol. The Hall–Kier alpha value is -2.65. The molecular weight excluding hydrogens is 332 g/mol. The van der Waals surface area contributed by atoms with Crippen molar-refractivity contribution in [3.63, 3.8) is 0 Å². The number of carbonyl (C=O) groups is 1. The molecule has 2 aliphatic rings. The zero-order chi connectivity index (χ0) is 18.2. The lowest BCUT2D eigenvalue weighted by Crippen LogP contribution is -2.32. The van der Waals surface area contributed by atoms with Crippen LogP contribution in [0.2, 0.25) is 0 Å². The topological polar surface area (TPSA) is 25.2 Å². The highest BCUT2D eigenvalue weighted by Crippen LogP contribution is 2.31. The lowest BCUT2D eigenvalue weighted by Gasteiger charge is -2.30. The Morgan fingerprint density at radius 3 is 2.52 bits per heavy atom. The van der Waals surface area contributed by atoms with Gasteiger partial charge in [0, 0.05) is 23.0 Å². The summed E-state index contributed by atoms with van der Waals surface area (Å²) in [5.74, 6) is 0.741. The highest BCUT2D eigenvalue weighted by Gasteiger charge is 2.28. The van der Waals surface area contributed by atoms with E-state index in [9.17, 15) is 4.79 Å². The van der Waals surface area contributed by atoms with Crippen LogP contribution in [0.5, 0.6) is 0 Å². The van der Waals surface area contributed by atoms with Crippen molar-refractivity contribution in [2.75, 3.05) is 13.1 Å². The molecule has 0 aliphatic carbocycles. The number of nitrogens with zero attached hydrogens (tertiary/aromatic N) is 2. The van der Waals surface area contributed by atoms with Gasteiger partial charge in [0.1, 0.15) is 0 Å². The fourth-order valence-electron chi connectivity index (χ4n) is 4.51. The maximum atomic E-state index is 12.8. The number of likely N-dealkylation sites (tertiary alicyclic amines) is 1. The van der Waals surface area contributed by atoms with E-state index in [0.717, 1.165) is 55.7 Å².